The fraction of sp³-hybridized carbons (Fsp3) is 0.136. The molecule has 2 N–H and O–H groups in total. The Morgan fingerprint density at radius 3 is 2.31 bits per heavy atom. The van der Waals surface area contributed by atoms with E-state index in [4.69, 9.17) is 9.47 Å². The van der Waals surface area contributed by atoms with Gasteiger partial charge in [0.25, 0.3) is 0 Å². The number of hydrogen-bond donors (Lipinski definition) is 2. The predicted molar refractivity (Wildman–Crippen MR) is 115 cm³/mol. The smallest absolute Gasteiger partial charge is 0.339 e. The molecule has 1 heterocycles. The van der Waals surface area contributed by atoms with Gasteiger partial charge in [0, 0.05) is 18.3 Å². The number of pyridine rings is 1. The average molecular weight is 456 g/mol. The summed E-state index contributed by atoms with van der Waals surface area (Å²) < 4.78 is 36.1. The van der Waals surface area contributed by atoms with Gasteiger partial charge in [0.15, 0.2) is 5.03 Å². The molecule has 1 aromatic heterocycles. The van der Waals surface area contributed by atoms with E-state index >= 15 is 0 Å². The summed E-state index contributed by atoms with van der Waals surface area (Å²) in [5, 5.41) is 12.2. The van der Waals surface area contributed by atoms with Crippen LogP contribution in [0.25, 0.3) is 0 Å². The maximum absolute atomic E-state index is 13.2. The molecule has 0 aliphatic rings. The maximum atomic E-state index is 13.2. The van der Waals surface area contributed by atoms with Crippen LogP contribution in [0.1, 0.15) is 26.3 Å². The first-order valence-corrected chi connectivity index (χ1v) is 10.8. The lowest BCUT2D eigenvalue weighted by atomic mass is 10.1. The zero-order valence-electron chi connectivity index (χ0n) is 17.2. The molecule has 0 spiro atoms. The maximum Gasteiger partial charge on any atom is 0.339 e. The molecule has 0 saturated carbocycles. The molecule has 32 heavy (non-hydrogen) atoms. The number of benzene rings is 2. The van der Waals surface area contributed by atoms with Gasteiger partial charge in [-0.1, -0.05) is 12.1 Å². The van der Waals surface area contributed by atoms with Gasteiger partial charge >= 0.3 is 11.9 Å². The number of nitrogens with one attached hydrogen (secondary N) is 1. The summed E-state index contributed by atoms with van der Waals surface area (Å²) >= 11 is 0. The van der Waals surface area contributed by atoms with Gasteiger partial charge in [0.2, 0.25) is 9.84 Å². The van der Waals surface area contributed by atoms with Crippen LogP contribution in [0.4, 0.5) is 5.69 Å². The number of nitrogens with zero attached hydrogens (tertiary/aromatic N) is 1. The Bertz CT molecular complexity index is 1260. The third-order valence-corrected chi connectivity index (χ3v) is 6.40. The first-order valence-electron chi connectivity index (χ1n) is 9.31. The summed E-state index contributed by atoms with van der Waals surface area (Å²) in [4.78, 5) is 27.8. The SMILES string of the molecule is COC(=O)c1cccc(C(=O)O)c1NCc1cccnc1S(=O)(=O)c1ccc(OC)cc1. The molecule has 0 unspecified atom stereocenters. The number of aromatic nitrogens is 1. The Kier molecular flexibility index (Phi) is 6.74. The second-order valence-corrected chi connectivity index (χ2v) is 8.39. The van der Waals surface area contributed by atoms with Crippen LogP contribution in [0.15, 0.2) is 70.7 Å². The second kappa shape index (κ2) is 9.48. The van der Waals surface area contributed by atoms with Gasteiger partial charge in [-0.3, -0.25) is 0 Å². The summed E-state index contributed by atoms with van der Waals surface area (Å²) in [6, 6.07) is 13.2. The largest absolute Gasteiger partial charge is 0.497 e. The third kappa shape index (κ3) is 4.54. The first kappa shape index (κ1) is 22.8. The second-order valence-electron chi connectivity index (χ2n) is 6.53. The van der Waals surface area contributed by atoms with E-state index in [1.165, 1.54) is 62.9 Å². The summed E-state index contributed by atoms with van der Waals surface area (Å²) in [5.41, 5.74) is 0.162. The fourth-order valence-electron chi connectivity index (χ4n) is 3.05. The molecule has 0 saturated heterocycles. The van der Waals surface area contributed by atoms with Gasteiger partial charge in [-0.25, -0.2) is 23.0 Å². The minimum Gasteiger partial charge on any atom is -0.497 e. The number of carbonyl (C=O) groups is 2. The Morgan fingerprint density at radius 2 is 1.69 bits per heavy atom. The molecule has 0 fully saturated rings. The van der Waals surface area contributed by atoms with Crippen molar-refractivity contribution >= 4 is 27.5 Å². The molecule has 2 aromatic carbocycles. The highest BCUT2D eigenvalue weighted by Gasteiger charge is 2.24. The van der Waals surface area contributed by atoms with Gasteiger partial charge in [-0.2, -0.15) is 0 Å². The van der Waals surface area contributed by atoms with Gasteiger partial charge in [-0.15, -0.1) is 0 Å². The van der Waals surface area contributed by atoms with Crippen molar-refractivity contribution in [1.82, 2.24) is 4.98 Å². The van der Waals surface area contributed by atoms with Crippen LogP contribution in [-0.4, -0.2) is 44.7 Å². The van der Waals surface area contributed by atoms with E-state index in [0.29, 0.717) is 11.3 Å². The highest BCUT2D eigenvalue weighted by atomic mass is 32.2. The summed E-state index contributed by atoms with van der Waals surface area (Å²) in [5.74, 6) is -1.48. The van der Waals surface area contributed by atoms with Gasteiger partial charge in [-0.05, 0) is 42.5 Å². The van der Waals surface area contributed by atoms with Crippen molar-refractivity contribution < 1.29 is 32.6 Å². The molecule has 166 valence electrons. The molecule has 0 aliphatic heterocycles. The Balaban J connectivity index is 1.99. The van der Waals surface area contributed by atoms with Crippen molar-refractivity contribution in [3.8, 4) is 5.75 Å². The van der Waals surface area contributed by atoms with Crippen LogP contribution in [0.5, 0.6) is 5.75 Å². The number of carboxylic acids is 1. The number of methoxy groups -OCH3 is 2. The molecule has 10 heteroatoms. The van der Waals surface area contributed by atoms with E-state index < -0.39 is 21.8 Å². The molecule has 0 aliphatic carbocycles. The first-order chi connectivity index (χ1) is 15.3. The van der Waals surface area contributed by atoms with Crippen molar-refractivity contribution in [2.24, 2.45) is 0 Å². The molecule has 9 nitrogen and oxygen atoms in total. The van der Waals surface area contributed by atoms with Crippen molar-refractivity contribution in [2.75, 3.05) is 19.5 Å². The van der Waals surface area contributed by atoms with Gasteiger partial charge < -0.3 is 19.9 Å². The summed E-state index contributed by atoms with van der Waals surface area (Å²) in [6.07, 6.45) is 1.35. The molecule has 0 atom stereocenters. The highest BCUT2D eigenvalue weighted by Crippen LogP contribution is 2.27. The lowest BCUT2D eigenvalue weighted by Gasteiger charge is -2.15. The van der Waals surface area contributed by atoms with E-state index in [-0.39, 0.29) is 33.3 Å². The fourth-order valence-corrected chi connectivity index (χ4v) is 4.45. The number of hydrogen-bond acceptors (Lipinski definition) is 8. The van der Waals surface area contributed by atoms with E-state index in [0.717, 1.165) is 0 Å². The number of aromatic carboxylic acids is 1. The molecule has 0 bridgehead atoms. The molecular formula is C22H20N2O7S. The Labute approximate surface area is 184 Å². The van der Waals surface area contributed by atoms with Crippen LogP contribution in [0, 0.1) is 0 Å². The predicted octanol–water partition coefficient (Wildman–Crippen LogP) is 3.02. The number of rotatable bonds is 8. The van der Waals surface area contributed by atoms with Crippen LogP contribution in [0.2, 0.25) is 0 Å². The normalized spacial score (nSPS) is 10.9. The standard InChI is InChI=1S/C22H20N2O7S/c1-30-15-8-10-16(11-9-15)32(28,29)20-14(5-4-12-23-20)13-24-19-17(21(25)26)6-3-7-18(19)22(27)31-2/h3-12,24H,13H2,1-2H3,(H,25,26). The van der Waals surface area contributed by atoms with E-state index in [1.807, 2.05) is 0 Å². The van der Waals surface area contributed by atoms with E-state index in [2.05, 4.69) is 10.3 Å². The number of sulfone groups is 1. The number of ether oxygens (including phenoxy) is 2. The van der Waals surface area contributed by atoms with Crippen LogP contribution in [-0.2, 0) is 21.1 Å². The van der Waals surface area contributed by atoms with Gasteiger partial charge in [0.05, 0.1) is 35.9 Å². The molecule has 3 rings (SSSR count). The average Bonchev–Trinajstić information content (AvgIpc) is 2.82. The van der Waals surface area contributed by atoms with Crippen molar-refractivity contribution in [3.63, 3.8) is 0 Å². The van der Waals surface area contributed by atoms with Crippen LogP contribution >= 0.6 is 0 Å². The van der Waals surface area contributed by atoms with Crippen molar-refractivity contribution in [1.29, 1.82) is 0 Å². The lowest BCUT2D eigenvalue weighted by molar-refractivity contribution is 0.0601. The quantitative estimate of drug-likeness (QED) is 0.491. The van der Waals surface area contributed by atoms with Crippen molar-refractivity contribution in [3.05, 3.63) is 77.5 Å². The number of carbonyl (C=O) groups excluding carboxylic acids is 1. The van der Waals surface area contributed by atoms with Crippen LogP contribution < -0.4 is 10.1 Å². The zero-order chi connectivity index (χ0) is 23.3. The topological polar surface area (TPSA) is 132 Å². The molecule has 3 aromatic rings. The monoisotopic (exact) mass is 456 g/mol. The molecule has 0 amide bonds. The number of carboxylic acid groups (broad SMARTS) is 1. The summed E-state index contributed by atoms with van der Waals surface area (Å²) in [7, 11) is -1.31. The minimum atomic E-state index is -3.97. The minimum absolute atomic E-state index is 0.0100. The number of anilines is 1. The zero-order valence-corrected chi connectivity index (χ0v) is 18.0. The lowest BCUT2D eigenvalue weighted by Crippen LogP contribution is -2.15. The van der Waals surface area contributed by atoms with Crippen LogP contribution in [0.3, 0.4) is 0 Å². The Morgan fingerprint density at radius 1 is 1.00 bits per heavy atom. The van der Waals surface area contributed by atoms with Gasteiger partial charge in [0.1, 0.15) is 5.75 Å². The molecule has 0 radical (unpaired) electrons. The molecular weight excluding hydrogens is 436 g/mol. The summed E-state index contributed by atoms with van der Waals surface area (Å²) in [6.45, 7) is -0.104. The number of esters is 1. The Hall–Kier alpha value is -3.92. The highest BCUT2D eigenvalue weighted by molar-refractivity contribution is 7.91. The number of para-hydroxylation sites is 1. The third-order valence-electron chi connectivity index (χ3n) is 4.63. The van der Waals surface area contributed by atoms with E-state index in [9.17, 15) is 23.1 Å². The van der Waals surface area contributed by atoms with Crippen molar-refractivity contribution in [2.45, 2.75) is 16.5 Å². The van der Waals surface area contributed by atoms with E-state index in [1.54, 1.807) is 12.1 Å².